The molecule has 4 unspecified atom stereocenters. The van der Waals surface area contributed by atoms with Crippen LogP contribution in [0.1, 0.15) is 74.7 Å². The first-order valence-electron chi connectivity index (χ1n) is 11.6. The van der Waals surface area contributed by atoms with Crippen LogP contribution in [0, 0.1) is 22.2 Å². The van der Waals surface area contributed by atoms with Crippen molar-refractivity contribution >= 4 is 12.0 Å². The molecule has 0 aromatic rings. The fourth-order valence-corrected chi connectivity index (χ4v) is 5.05. The Morgan fingerprint density at radius 2 is 1.70 bits per heavy atom. The minimum absolute atomic E-state index is 0.0228. The molecule has 0 spiro atoms. The molecular formula is C23H44F4N2O3S. The quantitative estimate of drug-likeness (QED) is 0.230. The minimum Gasteiger partial charge on any atom is -0.389 e. The van der Waals surface area contributed by atoms with Gasteiger partial charge in [-0.25, -0.2) is 4.18 Å². The molecule has 5 nitrogen and oxygen atoms in total. The van der Waals surface area contributed by atoms with E-state index in [0.717, 1.165) is 26.2 Å². The molecule has 1 aliphatic carbocycles. The van der Waals surface area contributed by atoms with E-state index < -0.39 is 46.9 Å². The summed E-state index contributed by atoms with van der Waals surface area (Å²) in [4.78, 5) is 0. The molecule has 0 bridgehead atoms. The number of alkyl halides is 4. The number of aliphatic hydroxyl groups excluding tert-OH is 1. The van der Waals surface area contributed by atoms with E-state index >= 15 is 0 Å². The van der Waals surface area contributed by atoms with Gasteiger partial charge in [-0.1, -0.05) is 48.5 Å². The normalized spacial score (nSPS) is 26.5. The van der Waals surface area contributed by atoms with Gasteiger partial charge < -0.3 is 20.9 Å². The lowest BCUT2D eigenvalue weighted by atomic mass is 9.63. The molecule has 0 radical (unpaired) electrons. The van der Waals surface area contributed by atoms with Gasteiger partial charge in [0.2, 0.25) is 0 Å². The van der Waals surface area contributed by atoms with E-state index in [-0.39, 0.29) is 30.0 Å². The molecule has 0 saturated heterocycles. The smallest absolute Gasteiger partial charge is 0.371 e. The number of nitrogens with two attached hydrogens (primary N) is 1. The molecular weight excluding hydrogens is 460 g/mol. The highest BCUT2D eigenvalue weighted by molar-refractivity contribution is 7.95. The zero-order chi connectivity index (χ0) is 25.9. The number of nitrogens with one attached hydrogen (secondary N) is 1. The van der Waals surface area contributed by atoms with E-state index in [1.807, 2.05) is 0 Å². The topological polar surface area (TPSA) is 76.7 Å². The Labute approximate surface area is 201 Å². The van der Waals surface area contributed by atoms with Crippen LogP contribution in [0.25, 0.3) is 0 Å². The molecule has 198 valence electrons. The molecule has 4 atom stereocenters. The second-order valence-electron chi connectivity index (χ2n) is 11.7. The van der Waals surface area contributed by atoms with Gasteiger partial charge in [-0.15, -0.1) is 0 Å². The maximum atomic E-state index is 14.3. The van der Waals surface area contributed by atoms with Crippen LogP contribution in [0.5, 0.6) is 0 Å². The van der Waals surface area contributed by atoms with Crippen molar-refractivity contribution in [3.63, 3.8) is 0 Å². The Morgan fingerprint density at radius 3 is 2.21 bits per heavy atom. The zero-order valence-electron chi connectivity index (χ0n) is 21.3. The first-order valence-corrected chi connectivity index (χ1v) is 12.4. The van der Waals surface area contributed by atoms with Crippen LogP contribution in [-0.4, -0.2) is 54.4 Å². The monoisotopic (exact) mass is 504 g/mol. The molecule has 1 aliphatic rings. The third-order valence-electron chi connectivity index (χ3n) is 6.87. The van der Waals surface area contributed by atoms with E-state index in [9.17, 15) is 22.7 Å². The second kappa shape index (κ2) is 11.3. The summed E-state index contributed by atoms with van der Waals surface area (Å²) in [5.41, 5.74) is 4.69. The summed E-state index contributed by atoms with van der Waals surface area (Å²) in [6, 6.07) is 0.120. The average Bonchev–Trinajstić information content (AvgIpc) is 2.62. The summed E-state index contributed by atoms with van der Waals surface area (Å²) in [7, 11) is 0. The van der Waals surface area contributed by atoms with Gasteiger partial charge in [-0.3, -0.25) is 0 Å². The SMILES string of the molecule is CC(OCC(O)CNCC1(C)CC(N)CC(C)(C)C1)C(F)(F)SOC(F)(F)C(C)(C)C(C)C. The predicted molar refractivity (Wildman–Crippen MR) is 125 cm³/mol. The molecule has 10 heteroatoms. The third kappa shape index (κ3) is 9.11. The number of ether oxygens (including phenoxy) is 1. The highest BCUT2D eigenvalue weighted by Crippen LogP contribution is 2.48. The van der Waals surface area contributed by atoms with Gasteiger partial charge in [-0.2, -0.15) is 17.6 Å². The molecule has 1 rings (SSSR count). The van der Waals surface area contributed by atoms with Crippen LogP contribution in [0.4, 0.5) is 17.6 Å². The van der Waals surface area contributed by atoms with Gasteiger partial charge in [0.25, 0.3) is 0 Å². The lowest BCUT2D eigenvalue weighted by Crippen LogP contribution is -2.47. The summed E-state index contributed by atoms with van der Waals surface area (Å²) < 4.78 is 66.6. The summed E-state index contributed by atoms with van der Waals surface area (Å²) >= 11 is -0.592. The van der Waals surface area contributed by atoms with Crippen LogP contribution in [0.15, 0.2) is 0 Å². The predicted octanol–water partition coefficient (Wildman–Crippen LogP) is 5.42. The van der Waals surface area contributed by atoms with Crippen LogP contribution in [-0.2, 0) is 8.92 Å². The fraction of sp³-hybridized carbons (Fsp3) is 1.00. The maximum Gasteiger partial charge on any atom is 0.371 e. The molecule has 0 heterocycles. The Bertz CT molecular complexity index is 623. The van der Waals surface area contributed by atoms with E-state index in [1.165, 1.54) is 13.8 Å². The maximum absolute atomic E-state index is 14.3. The number of rotatable bonds is 13. The summed E-state index contributed by atoms with van der Waals surface area (Å²) in [6.07, 6.45) is -3.69. The molecule has 0 aromatic carbocycles. The zero-order valence-corrected chi connectivity index (χ0v) is 22.1. The number of hydrogen-bond acceptors (Lipinski definition) is 6. The van der Waals surface area contributed by atoms with Crippen LogP contribution in [0.3, 0.4) is 0 Å². The summed E-state index contributed by atoms with van der Waals surface area (Å²) in [5, 5.41) is 9.61. The van der Waals surface area contributed by atoms with E-state index in [4.69, 9.17) is 10.5 Å². The summed E-state index contributed by atoms with van der Waals surface area (Å²) in [5.74, 6) is -0.490. The standard InChI is InChI=1S/C23H44F4N2O3S/c1-15(2)20(6,7)23(26,27)32-33-22(24,25)16(3)31-12-18(30)11-29-14-21(8)10-17(28)9-19(4,5)13-21/h15-18,29-30H,9-14,28H2,1-8H3. The second-order valence-corrected chi connectivity index (χ2v) is 12.6. The average molecular weight is 505 g/mol. The highest BCUT2D eigenvalue weighted by atomic mass is 32.2. The van der Waals surface area contributed by atoms with Crippen molar-refractivity contribution in [2.24, 2.45) is 27.9 Å². The number of hydrogen-bond donors (Lipinski definition) is 3. The van der Waals surface area contributed by atoms with Crippen molar-refractivity contribution in [1.82, 2.24) is 5.32 Å². The lowest BCUT2D eigenvalue weighted by Gasteiger charge is -2.46. The van der Waals surface area contributed by atoms with Gasteiger partial charge in [0.05, 0.1) is 30.2 Å². The Morgan fingerprint density at radius 1 is 1.12 bits per heavy atom. The summed E-state index contributed by atoms with van der Waals surface area (Å²) in [6.45, 7) is 13.7. The van der Waals surface area contributed by atoms with Crippen LogP contribution < -0.4 is 11.1 Å². The van der Waals surface area contributed by atoms with Crippen molar-refractivity contribution < 1.29 is 31.6 Å². The van der Waals surface area contributed by atoms with Gasteiger partial charge in [-0.05, 0) is 42.9 Å². The van der Waals surface area contributed by atoms with Gasteiger partial charge in [0.1, 0.15) is 6.10 Å². The molecule has 4 N–H and O–H groups in total. The molecule has 0 amide bonds. The van der Waals surface area contributed by atoms with E-state index in [0.29, 0.717) is 6.54 Å². The Balaban J connectivity index is 2.46. The molecule has 0 aliphatic heterocycles. The fourth-order valence-electron chi connectivity index (χ4n) is 4.42. The van der Waals surface area contributed by atoms with E-state index in [1.54, 1.807) is 13.8 Å². The van der Waals surface area contributed by atoms with Crippen LogP contribution in [0.2, 0.25) is 0 Å². The Hall–Kier alpha value is -0.130. The van der Waals surface area contributed by atoms with Crippen LogP contribution >= 0.6 is 12.0 Å². The number of halogens is 4. The Kier molecular flexibility index (Phi) is 10.6. The third-order valence-corrected chi connectivity index (χ3v) is 7.72. The largest absolute Gasteiger partial charge is 0.389 e. The van der Waals surface area contributed by atoms with Gasteiger partial charge in [0.15, 0.2) is 0 Å². The van der Waals surface area contributed by atoms with Crippen molar-refractivity contribution in [1.29, 1.82) is 0 Å². The molecule has 1 fully saturated rings. The van der Waals surface area contributed by atoms with Crippen molar-refractivity contribution in [2.75, 3.05) is 19.7 Å². The first kappa shape index (κ1) is 30.9. The highest BCUT2D eigenvalue weighted by Gasteiger charge is 2.53. The van der Waals surface area contributed by atoms with Gasteiger partial charge in [0, 0.05) is 19.1 Å². The van der Waals surface area contributed by atoms with Crippen molar-refractivity contribution in [2.45, 2.75) is 104 Å². The first-order chi connectivity index (χ1) is 14.7. The van der Waals surface area contributed by atoms with Crippen molar-refractivity contribution in [3.05, 3.63) is 0 Å². The van der Waals surface area contributed by atoms with E-state index in [2.05, 4.69) is 30.3 Å². The molecule has 33 heavy (non-hydrogen) atoms. The van der Waals surface area contributed by atoms with Gasteiger partial charge >= 0.3 is 11.4 Å². The number of aliphatic hydroxyl groups is 1. The molecule has 1 saturated carbocycles. The molecule has 0 aromatic heterocycles. The minimum atomic E-state index is -3.76. The lowest BCUT2D eigenvalue weighted by molar-refractivity contribution is -0.256. The van der Waals surface area contributed by atoms with Crippen molar-refractivity contribution in [3.8, 4) is 0 Å².